The first-order valence-corrected chi connectivity index (χ1v) is 11.0. The molecule has 156 valence electrons. The second kappa shape index (κ2) is 8.44. The number of anilines is 1. The van der Waals surface area contributed by atoms with E-state index in [0.717, 1.165) is 20.9 Å². The summed E-state index contributed by atoms with van der Waals surface area (Å²) in [5.41, 5.74) is 1.67. The van der Waals surface area contributed by atoms with Gasteiger partial charge < -0.3 is 14.5 Å². The van der Waals surface area contributed by atoms with Gasteiger partial charge in [-0.3, -0.25) is 9.59 Å². The molecule has 1 aromatic heterocycles. The minimum Gasteiger partial charge on any atom is -0.492 e. The number of aromatic nitrogens is 1. The van der Waals surface area contributed by atoms with Crippen molar-refractivity contribution in [3.05, 3.63) is 53.5 Å². The zero-order valence-corrected chi connectivity index (χ0v) is 18.2. The Balaban J connectivity index is 1.50. The molecule has 2 atom stereocenters. The third-order valence-corrected chi connectivity index (χ3v) is 6.73. The molecule has 0 saturated carbocycles. The van der Waals surface area contributed by atoms with E-state index in [1.54, 1.807) is 28.2 Å². The van der Waals surface area contributed by atoms with Gasteiger partial charge in [0.25, 0.3) is 0 Å². The Morgan fingerprint density at radius 3 is 2.77 bits per heavy atom. The normalized spacial score (nSPS) is 17.4. The number of nitrogens with zero attached hydrogens (tertiary/aromatic N) is 3. The van der Waals surface area contributed by atoms with Crippen molar-refractivity contribution in [2.24, 2.45) is 5.92 Å². The monoisotopic (exact) mass is 423 g/mol. The number of amides is 2. The highest BCUT2D eigenvalue weighted by atomic mass is 32.1. The van der Waals surface area contributed by atoms with E-state index in [0.29, 0.717) is 18.9 Å². The van der Waals surface area contributed by atoms with Crippen molar-refractivity contribution in [3.8, 4) is 5.75 Å². The summed E-state index contributed by atoms with van der Waals surface area (Å²) in [6.45, 7) is 4.77. The van der Waals surface area contributed by atoms with Crippen molar-refractivity contribution in [3.63, 3.8) is 0 Å². The second-order valence-corrected chi connectivity index (χ2v) is 8.51. The Kier molecular flexibility index (Phi) is 5.72. The van der Waals surface area contributed by atoms with Gasteiger partial charge in [-0.2, -0.15) is 0 Å². The van der Waals surface area contributed by atoms with E-state index in [9.17, 15) is 9.59 Å². The Bertz CT molecular complexity index is 1050. The van der Waals surface area contributed by atoms with Gasteiger partial charge >= 0.3 is 0 Å². The molecular weight excluding hydrogens is 398 g/mol. The molecular formula is C23H25N3O3S. The van der Waals surface area contributed by atoms with Gasteiger partial charge in [0.2, 0.25) is 11.8 Å². The van der Waals surface area contributed by atoms with Crippen molar-refractivity contribution in [2.75, 3.05) is 25.1 Å². The first kappa shape index (κ1) is 20.3. The molecule has 30 heavy (non-hydrogen) atoms. The van der Waals surface area contributed by atoms with E-state index in [4.69, 9.17) is 4.74 Å². The van der Waals surface area contributed by atoms with Crippen LogP contribution >= 0.6 is 11.3 Å². The van der Waals surface area contributed by atoms with Gasteiger partial charge in [0.15, 0.2) is 0 Å². The lowest BCUT2D eigenvalue weighted by molar-refractivity contribution is -0.136. The van der Waals surface area contributed by atoms with Crippen molar-refractivity contribution in [2.45, 2.75) is 26.3 Å². The van der Waals surface area contributed by atoms with Crippen LogP contribution in [-0.4, -0.2) is 41.9 Å². The van der Waals surface area contributed by atoms with Crippen LogP contribution in [-0.2, 0) is 9.59 Å². The molecule has 4 rings (SSSR count). The highest BCUT2D eigenvalue weighted by Gasteiger charge is 2.38. The van der Waals surface area contributed by atoms with E-state index in [1.807, 2.05) is 62.4 Å². The van der Waals surface area contributed by atoms with E-state index < -0.39 is 0 Å². The number of ether oxygens (including phenoxy) is 1. The molecule has 1 fully saturated rings. The number of para-hydroxylation sites is 3. The molecule has 0 aliphatic carbocycles. The standard InChI is InChI=1S/C23H25N3O3S/c1-4-29-19-11-7-6-10-18(19)26-14-16(13-21(26)27)23(28)25(3)15(2)22-24-17-9-5-8-12-20(17)30-22/h5-12,15-16H,4,13-14H2,1-3H3/t15-,16+/m0/s1. The van der Waals surface area contributed by atoms with Crippen LogP contribution in [0.5, 0.6) is 5.75 Å². The lowest BCUT2D eigenvalue weighted by Gasteiger charge is -2.26. The topological polar surface area (TPSA) is 62.7 Å². The van der Waals surface area contributed by atoms with E-state index in [-0.39, 0.29) is 30.2 Å². The Labute approximate surface area is 180 Å². The van der Waals surface area contributed by atoms with Gasteiger partial charge in [0, 0.05) is 20.0 Å². The Morgan fingerprint density at radius 2 is 2.00 bits per heavy atom. The Hall–Kier alpha value is -2.93. The highest BCUT2D eigenvalue weighted by Crippen LogP contribution is 2.35. The zero-order chi connectivity index (χ0) is 21.3. The van der Waals surface area contributed by atoms with Gasteiger partial charge in [0.05, 0.1) is 34.5 Å². The molecule has 2 aromatic carbocycles. The molecule has 0 N–H and O–H groups in total. The maximum Gasteiger partial charge on any atom is 0.228 e. The minimum atomic E-state index is -0.381. The fraction of sp³-hybridized carbons (Fsp3) is 0.348. The van der Waals surface area contributed by atoms with Gasteiger partial charge in [-0.15, -0.1) is 11.3 Å². The molecule has 0 bridgehead atoms. The summed E-state index contributed by atoms with van der Waals surface area (Å²) in [6.07, 6.45) is 0.205. The smallest absolute Gasteiger partial charge is 0.228 e. The number of hydrogen-bond donors (Lipinski definition) is 0. The average molecular weight is 424 g/mol. The number of carbonyl (C=O) groups excluding carboxylic acids is 2. The van der Waals surface area contributed by atoms with Crippen molar-refractivity contribution >= 4 is 39.1 Å². The van der Waals surface area contributed by atoms with Crippen LogP contribution in [0.15, 0.2) is 48.5 Å². The van der Waals surface area contributed by atoms with Crippen LogP contribution in [0.2, 0.25) is 0 Å². The van der Waals surface area contributed by atoms with E-state index in [2.05, 4.69) is 4.98 Å². The summed E-state index contributed by atoms with van der Waals surface area (Å²) in [5, 5.41) is 0.898. The molecule has 1 aliphatic rings. The summed E-state index contributed by atoms with van der Waals surface area (Å²) in [7, 11) is 1.79. The van der Waals surface area contributed by atoms with Crippen LogP contribution in [0.1, 0.15) is 31.3 Å². The average Bonchev–Trinajstić information content (AvgIpc) is 3.36. The number of carbonyl (C=O) groups is 2. The predicted molar refractivity (Wildman–Crippen MR) is 119 cm³/mol. The molecule has 2 heterocycles. The quantitative estimate of drug-likeness (QED) is 0.594. The molecule has 7 heteroatoms. The van der Waals surface area contributed by atoms with Crippen LogP contribution in [0.3, 0.4) is 0 Å². The predicted octanol–water partition coefficient (Wildman–Crippen LogP) is 4.27. The maximum absolute atomic E-state index is 13.2. The maximum atomic E-state index is 13.2. The zero-order valence-electron chi connectivity index (χ0n) is 17.4. The molecule has 0 radical (unpaired) electrons. The van der Waals surface area contributed by atoms with Crippen LogP contribution in [0.4, 0.5) is 5.69 Å². The molecule has 0 unspecified atom stereocenters. The Morgan fingerprint density at radius 1 is 1.27 bits per heavy atom. The summed E-state index contributed by atoms with van der Waals surface area (Å²) in [5.74, 6) is 0.194. The van der Waals surface area contributed by atoms with Crippen molar-refractivity contribution < 1.29 is 14.3 Å². The number of benzene rings is 2. The molecule has 0 spiro atoms. The highest BCUT2D eigenvalue weighted by molar-refractivity contribution is 7.18. The lowest BCUT2D eigenvalue weighted by atomic mass is 10.1. The summed E-state index contributed by atoms with van der Waals surface area (Å²) < 4.78 is 6.78. The fourth-order valence-electron chi connectivity index (χ4n) is 3.78. The number of rotatable bonds is 6. The van der Waals surface area contributed by atoms with E-state index >= 15 is 0 Å². The summed E-state index contributed by atoms with van der Waals surface area (Å²) in [4.78, 5) is 34.0. The van der Waals surface area contributed by atoms with Crippen LogP contribution < -0.4 is 9.64 Å². The largest absolute Gasteiger partial charge is 0.492 e. The van der Waals surface area contributed by atoms with Gasteiger partial charge in [-0.05, 0) is 38.1 Å². The summed E-state index contributed by atoms with van der Waals surface area (Å²) in [6, 6.07) is 15.3. The van der Waals surface area contributed by atoms with Crippen molar-refractivity contribution in [1.29, 1.82) is 0 Å². The molecule has 2 amide bonds. The van der Waals surface area contributed by atoms with Gasteiger partial charge in [-0.25, -0.2) is 4.98 Å². The fourth-order valence-corrected chi connectivity index (χ4v) is 4.84. The minimum absolute atomic E-state index is 0.0357. The molecule has 1 aliphatic heterocycles. The van der Waals surface area contributed by atoms with Gasteiger partial charge in [0.1, 0.15) is 10.8 Å². The number of thiazole rings is 1. The van der Waals surface area contributed by atoms with E-state index in [1.165, 1.54) is 0 Å². The third-order valence-electron chi connectivity index (χ3n) is 5.53. The molecule has 3 aromatic rings. The van der Waals surface area contributed by atoms with Crippen molar-refractivity contribution in [1.82, 2.24) is 9.88 Å². The number of fused-ring (bicyclic) bond motifs is 1. The van der Waals surface area contributed by atoms with Gasteiger partial charge in [-0.1, -0.05) is 24.3 Å². The van der Waals surface area contributed by atoms with Crippen LogP contribution in [0, 0.1) is 5.92 Å². The first-order valence-electron chi connectivity index (χ1n) is 10.1. The second-order valence-electron chi connectivity index (χ2n) is 7.45. The third kappa shape index (κ3) is 3.77. The van der Waals surface area contributed by atoms with Crippen LogP contribution in [0.25, 0.3) is 10.2 Å². The SMILES string of the molecule is CCOc1ccccc1N1C[C@H](C(=O)N(C)[C@@H](C)c2nc3ccccc3s2)CC1=O. The molecule has 6 nitrogen and oxygen atoms in total. The molecule has 1 saturated heterocycles. The lowest BCUT2D eigenvalue weighted by Crippen LogP contribution is -2.36. The summed E-state index contributed by atoms with van der Waals surface area (Å²) >= 11 is 1.60. The number of hydrogen-bond acceptors (Lipinski definition) is 5. The first-order chi connectivity index (χ1) is 14.5.